The van der Waals surface area contributed by atoms with E-state index in [1.54, 1.807) is 37.3 Å². The molecule has 2 aromatic rings. The third-order valence-corrected chi connectivity index (χ3v) is 4.85. The number of rotatable bonds is 4. The summed E-state index contributed by atoms with van der Waals surface area (Å²) < 4.78 is 26.5. The van der Waals surface area contributed by atoms with Gasteiger partial charge in [0.2, 0.25) is 0 Å². The van der Waals surface area contributed by atoms with Crippen LogP contribution in [0.1, 0.15) is 6.92 Å². The van der Waals surface area contributed by atoms with E-state index in [-0.39, 0.29) is 4.90 Å². The molecular weight excluding hydrogens is 282 g/mol. The van der Waals surface area contributed by atoms with Gasteiger partial charge in [0.15, 0.2) is 0 Å². The van der Waals surface area contributed by atoms with Crippen molar-refractivity contribution in [3.63, 3.8) is 0 Å². The summed E-state index contributed by atoms with van der Waals surface area (Å²) in [7, 11) is -3.58. The Morgan fingerprint density at radius 3 is 2.32 bits per heavy atom. The van der Waals surface area contributed by atoms with Crippen LogP contribution < -0.4 is 4.31 Å². The van der Waals surface area contributed by atoms with Gasteiger partial charge in [-0.15, -0.1) is 0 Å². The summed E-state index contributed by atoms with van der Waals surface area (Å²) in [6, 6.07) is 15.3. The van der Waals surface area contributed by atoms with Crippen molar-refractivity contribution in [3.8, 4) is 0 Å². The van der Waals surface area contributed by atoms with E-state index < -0.39 is 10.0 Å². The average molecular weight is 296 g/mol. The van der Waals surface area contributed by atoms with Crippen LogP contribution in [0.25, 0.3) is 0 Å². The summed E-state index contributed by atoms with van der Waals surface area (Å²) in [5.41, 5.74) is 0.643. The van der Waals surface area contributed by atoms with Crippen molar-refractivity contribution < 1.29 is 8.42 Å². The van der Waals surface area contributed by atoms with Gasteiger partial charge in [-0.3, -0.25) is 4.31 Å². The predicted octanol–water partition coefficient (Wildman–Crippen LogP) is 3.56. The summed E-state index contributed by atoms with van der Waals surface area (Å²) in [6.07, 6.45) is 0. The first-order valence-electron chi connectivity index (χ1n) is 5.89. The highest BCUT2D eigenvalue weighted by Gasteiger charge is 2.23. The highest BCUT2D eigenvalue weighted by atomic mass is 35.5. The Balaban J connectivity index is 2.48. The Morgan fingerprint density at radius 2 is 1.74 bits per heavy atom. The summed E-state index contributed by atoms with van der Waals surface area (Å²) in [6.45, 7) is 2.16. The maximum absolute atomic E-state index is 12.6. The zero-order valence-corrected chi connectivity index (χ0v) is 12.0. The molecule has 100 valence electrons. The molecular formula is C14H14ClNO2S. The van der Waals surface area contributed by atoms with Gasteiger partial charge in [-0.25, -0.2) is 8.42 Å². The molecule has 19 heavy (non-hydrogen) atoms. The van der Waals surface area contributed by atoms with E-state index in [0.717, 1.165) is 0 Å². The highest BCUT2D eigenvalue weighted by Crippen LogP contribution is 2.24. The molecule has 0 radical (unpaired) electrons. The van der Waals surface area contributed by atoms with E-state index in [4.69, 9.17) is 11.6 Å². The minimum Gasteiger partial charge on any atom is -0.267 e. The third kappa shape index (κ3) is 2.91. The van der Waals surface area contributed by atoms with Gasteiger partial charge < -0.3 is 0 Å². The molecule has 0 aliphatic rings. The van der Waals surface area contributed by atoms with Crippen LogP contribution in [-0.2, 0) is 10.0 Å². The number of nitrogens with zero attached hydrogens (tertiary/aromatic N) is 1. The van der Waals surface area contributed by atoms with Gasteiger partial charge in [0.1, 0.15) is 0 Å². The predicted molar refractivity (Wildman–Crippen MR) is 78.1 cm³/mol. The van der Waals surface area contributed by atoms with Gasteiger partial charge in [0.25, 0.3) is 10.0 Å². The van der Waals surface area contributed by atoms with Crippen molar-refractivity contribution in [1.82, 2.24) is 0 Å². The monoisotopic (exact) mass is 295 g/mol. The van der Waals surface area contributed by atoms with Crippen molar-refractivity contribution in [1.29, 1.82) is 0 Å². The number of hydrogen-bond donors (Lipinski definition) is 0. The summed E-state index contributed by atoms with van der Waals surface area (Å²) in [5, 5.41) is 0.408. The second-order valence-corrected chi connectivity index (χ2v) is 6.26. The Bertz CT molecular complexity index is 656. The number of benzene rings is 2. The molecule has 0 N–H and O–H groups in total. The minimum atomic E-state index is -3.58. The maximum atomic E-state index is 12.6. The fraction of sp³-hybridized carbons (Fsp3) is 0.143. The minimum absolute atomic E-state index is 0.200. The largest absolute Gasteiger partial charge is 0.267 e. The first kappa shape index (κ1) is 13.9. The Morgan fingerprint density at radius 1 is 1.05 bits per heavy atom. The number of hydrogen-bond acceptors (Lipinski definition) is 2. The Labute approximate surface area is 118 Å². The number of anilines is 1. The van der Waals surface area contributed by atoms with Crippen molar-refractivity contribution >= 4 is 27.3 Å². The first-order chi connectivity index (χ1) is 9.05. The van der Waals surface area contributed by atoms with Gasteiger partial charge >= 0.3 is 0 Å². The van der Waals surface area contributed by atoms with E-state index in [1.807, 2.05) is 18.2 Å². The summed E-state index contributed by atoms with van der Waals surface area (Å²) in [5.74, 6) is 0. The van der Waals surface area contributed by atoms with E-state index in [2.05, 4.69) is 0 Å². The second-order valence-electron chi connectivity index (χ2n) is 3.96. The average Bonchev–Trinajstić information content (AvgIpc) is 2.40. The highest BCUT2D eigenvalue weighted by molar-refractivity contribution is 7.92. The van der Waals surface area contributed by atoms with Crippen LogP contribution in [0.4, 0.5) is 5.69 Å². The summed E-state index contributed by atoms with van der Waals surface area (Å²) in [4.78, 5) is 0.200. The molecule has 0 heterocycles. The van der Waals surface area contributed by atoms with Crippen LogP contribution in [-0.4, -0.2) is 15.0 Å². The standard InChI is InChI=1S/C14H14ClNO2S/c1-2-16(13-8-4-3-5-9-13)19(17,18)14-10-6-7-12(15)11-14/h3-11H,2H2,1H3. The smallest absolute Gasteiger partial charge is 0.264 e. The molecule has 0 amide bonds. The molecule has 2 rings (SSSR count). The molecule has 0 atom stereocenters. The quantitative estimate of drug-likeness (QED) is 0.865. The first-order valence-corrected chi connectivity index (χ1v) is 7.71. The van der Waals surface area contributed by atoms with Crippen LogP contribution in [0.15, 0.2) is 59.5 Å². The van der Waals surface area contributed by atoms with Crippen LogP contribution in [0, 0.1) is 0 Å². The SMILES string of the molecule is CCN(c1ccccc1)S(=O)(=O)c1cccc(Cl)c1. The fourth-order valence-electron chi connectivity index (χ4n) is 1.84. The lowest BCUT2D eigenvalue weighted by Gasteiger charge is -2.22. The molecule has 0 aliphatic carbocycles. The van der Waals surface area contributed by atoms with E-state index in [1.165, 1.54) is 10.4 Å². The van der Waals surface area contributed by atoms with Gasteiger partial charge in [0, 0.05) is 11.6 Å². The number of halogens is 1. The Hall–Kier alpha value is -1.52. The molecule has 0 saturated carbocycles. The number of para-hydroxylation sites is 1. The van der Waals surface area contributed by atoms with Crippen molar-refractivity contribution in [2.45, 2.75) is 11.8 Å². The molecule has 5 heteroatoms. The van der Waals surface area contributed by atoms with Crippen molar-refractivity contribution in [2.75, 3.05) is 10.8 Å². The van der Waals surface area contributed by atoms with Gasteiger partial charge in [0.05, 0.1) is 10.6 Å². The second kappa shape index (κ2) is 5.63. The normalized spacial score (nSPS) is 11.3. The van der Waals surface area contributed by atoms with Gasteiger partial charge in [-0.05, 0) is 37.3 Å². The molecule has 0 aliphatic heterocycles. The molecule has 2 aromatic carbocycles. The van der Waals surface area contributed by atoms with Gasteiger partial charge in [-0.1, -0.05) is 35.9 Å². The molecule has 0 spiro atoms. The lowest BCUT2D eigenvalue weighted by molar-refractivity contribution is 0.592. The van der Waals surface area contributed by atoms with Crippen molar-refractivity contribution in [2.24, 2.45) is 0 Å². The van der Waals surface area contributed by atoms with Crippen LogP contribution in [0.2, 0.25) is 5.02 Å². The zero-order valence-electron chi connectivity index (χ0n) is 10.5. The molecule has 0 fully saturated rings. The molecule has 0 unspecified atom stereocenters. The molecule has 0 aromatic heterocycles. The van der Waals surface area contributed by atoms with Crippen molar-refractivity contribution in [3.05, 3.63) is 59.6 Å². The molecule has 0 saturated heterocycles. The zero-order chi connectivity index (χ0) is 13.9. The molecule has 3 nitrogen and oxygen atoms in total. The Kier molecular flexibility index (Phi) is 4.12. The van der Waals surface area contributed by atoms with E-state index in [0.29, 0.717) is 17.3 Å². The maximum Gasteiger partial charge on any atom is 0.264 e. The van der Waals surface area contributed by atoms with Crippen LogP contribution >= 0.6 is 11.6 Å². The van der Waals surface area contributed by atoms with Crippen LogP contribution in [0.3, 0.4) is 0 Å². The lowest BCUT2D eigenvalue weighted by atomic mass is 10.3. The van der Waals surface area contributed by atoms with Crippen LogP contribution in [0.5, 0.6) is 0 Å². The lowest BCUT2D eigenvalue weighted by Crippen LogP contribution is -2.30. The van der Waals surface area contributed by atoms with E-state index >= 15 is 0 Å². The topological polar surface area (TPSA) is 37.4 Å². The third-order valence-electron chi connectivity index (χ3n) is 2.72. The number of sulfonamides is 1. The van der Waals surface area contributed by atoms with Gasteiger partial charge in [-0.2, -0.15) is 0 Å². The fourth-order valence-corrected chi connectivity index (χ4v) is 3.62. The molecule has 0 bridgehead atoms. The van der Waals surface area contributed by atoms with E-state index in [9.17, 15) is 8.42 Å². The summed E-state index contributed by atoms with van der Waals surface area (Å²) >= 11 is 5.86.